The maximum absolute atomic E-state index is 11.0. The fraction of sp³-hybridized carbons (Fsp3) is 0.261. The highest BCUT2D eigenvalue weighted by Crippen LogP contribution is 2.33. The average molecular weight is 391 g/mol. The van der Waals surface area contributed by atoms with Gasteiger partial charge in [-0.15, -0.1) is 0 Å². The van der Waals surface area contributed by atoms with Crippen LogP contribution < -0.4 is 15.5 Å². The second kappa shape index (κ2) is 8.94. The molecule has 3 aromatic rings. The van der Waals surface area contributed by atoms with E-state index in [4.69, 9.17) is 9.94 Å². The number of fused-ring (bicyclic) bond motifs is 3. The largest absolute Gasteiger partial charge is 0.479 e. The molecule has 2 aromatic carbocycles. The second-order valence-electron chi connectivity index (χ2n) is 7.20. The first kappa shape index (κ1) is 19.2. The number of para-hydroxylation sites is 1. The predicted molar refractivity (Wildman–Crippen MR) is 113 cm³/mol. The van der Waals surface area contributed by atoms with Crippen LogP contribution in [-0.4, -0.2) is 29.3 Å². The molecule has 0 spiro atoms. The van der Waals surface area contributed by atoms with Crippen molar-refractivity contribution in [2.45, 2.75) is 25.8 Å². The van der Waals surface area contributed by atoms with Gasteiger partial charge in [0.2, 0.25) is 0 Å². The van der Waals surface area contributed by atoms with Gasteiger partial charge in [0.05, 0.1) is 12.1 Å². The van der Waals surface area contributed by atoms with Crippen LogP contribution in [-0.2, 0) is 24.2 Å². The van der Waals surface area contributed by atoms with Crippen molar-refractivity contribution in [3.8, 4) is 5.88 Å². The van der Waals surface area contributed by atoms with Gasteiger partial charge in [0, 0.05) is 23.6 Å². The van der Waals surface area contributed by atoms with Gasteiger partial charge in [-0.05, 0) is 48.6 Å². The van der Waals surface area contributed by atoms with Gasteiger partial charge in [0.15, 0.2) is 5.88 Å². The molecule has 6 nitrogen and oxygen atoms in total. The molecule has 6 heteroatoms. The van der Waals surface area contributed by atoms with Crippen molar-refractivity contribution in [1.82, 2.24) is 15.8 Å². The SMILES string of the molecule is O=C(/C=C/c1ccc(CNCCc2cccc3c4c([nH]c23)OCCC4)cc1)NO. The van der Waals surface area contributed by atoms with E-state index in [1.807, 2.05) is 24.3 Å². The lowest BCUT2D eigenvalue weighted by Gasteiger charge is -2.12. The third kappa shape index (κ3) is 4.50. The normalized spacial score (nSPS) is 13.4. The van der Waals surface area contributed by atoms with Crippen LogP contribution in [0.3, 0.4) is 0 Å². The summed E-state index contributed by atoms with van der Waals surface area (Å²) < 4.78 is 5.78. The zero-order valence-corrected chi connectivity index (χ0v) is 16.2. The average Bonchev–Trinajstić information content (AvgIpc) is 3.15. The number of carbonyl (C=O) groups is 1. The van der Waals surface area contributed by atoms with Crippen LogP contribution >= 0.6 is 0 Å². The Morgan fingerprint density at radius 1 is 1.21 bits per heavy atom. The zero-order chi connectivity index (χ0) is 20.1. The maximum Gasteiger partial charge on any atom is 0.267 e. The van der Waals surface area contributed by atoms with E-state index in [9.17, 15) is 4.79 Å². The molecule has 1 aliphatic heterocycles. The van der Waals surface area contributed by atoms with E-state index in [1.54, 1.807) is 11.6 Å². The van der Waals surface area contributed by atoms with Gasteiger partial charge in [0.1, 0.15) is 0 Å². The minimum absolute atomic E-state index is 0.541. The summed E-state index contributed by atoms with van der Waals surface area (Å²) in [6, 6.07) is 14.4. The smallest absolute Gasteiger partial charge is 0.267 e. The number of ether oxygens (including phenoxy) is 1. The van der Waals surface area contributed by atoms with Crippen LogP contribution in [0.2, 0.25) is 0 Å². The number of nitrogens with one attached hydrogen (secondary N) is 3. The molecule has 0 fully saturated rings. The second-order valence-corrected chi connectivity index (χ2v) is 7.20. The van der Waals surface area contributed by atoms with Crippen molar-refractivity contribution in [3.63, 3.8) is 0 Å². The molecule has 1 aromatic heterocycles. The monoisotopic (exact) mass is 391 g/mol. The molecule has 0 bridgehead atoms. The number of aryl methyl sites for hydroxylation is 1. The molecule has 0 atom stereocenters. The number of hydrogen-bond acceptors (Lipinski definition) is 4. The van der Waals surface area contributed by atoms with Crippen LogP contribution in [0.25, 0.3) is 17.0 Å². The maximum atomic E-state index is 11.0. The predicted octanol–water partition coefficient (Wildman–Crippen LogP) is 3.34. The Morgan fingerprint density at radius 2 is 2.07 bits per heavy atom. The van der Waals surface area contributed by atoms with E-state index >= 15 is 0 Å². The first-order valence-electron chi connectivity index (χ1n) is 9.91. The zero-order valence-electron chi connectivity index (χ0n) is 16.2. The number of aromatic nitrogens is 1. The molecule has 0 saturated heterocycles. The minimum Gasteiger partial charge on any atom is -0.479 e. The number of benzene rings is 2. The number of H-pyrrole nitrogens is 1. The number of amides is 1. The van der Waals surface area contributed by atoms with E-state index in [0.29, 0.717) is 0 Å². The number of aromatic amines is 1. The number of hydrogen-bond donors (Lipinski definition) is 4. The van der Waals surface area contributed by atoms with Crippen molar-refractivity contribution in [2.24, 2.45) is 0 Å². The van der Waals surface area contributed by atoms with Gasteiger partial charge in [-0.1, -0.05) is 42.5 Å². The highest BCUT2D eigenvalue weighted by atomic mass is 16.5. The summed E-state index contributed by atoms with van der Waals surface area (Å²) in [6.45, 7) is 2.45. The minimum atomic E-state index is -0.541. The van der Waals surface area contributed by atoms with Crippen LogP contribution in [0.5, 0.6) is 5.88 Å². The van der Waals surface area contributed by atoms with Crippen molar-refractivity contribution < 1.29 is 14.7 Å². The van der Waals surface area contributed by atoms with Gasteiger partial charge in [-0.3, -0.25) is 10.0 Å². The number of carbonyl (C=O) groups excluding carboxylic acids is 1. The van der Waals surface area contributed by atoms with Gasteiger partial charge < -0.3 is 15.0 Å². The molecule has 29 heavy (non-hydrogen) atoms. The summed E-state index contributed by atoms with van der Waals surface area (Å²) >= 11 is 0. The number of hydroxylamine groups is 1. The highest BCUT2D eigenvalue weighted by Gasteiger charge is 2.17. The van der Waals surface area contributed by atoms with Crippen molar-refractivity contribution in [3.05, 3.63) is 70.8 Å². The Balaban J connectivity index is 1.32. The Bertz CT molecular complexity index is 1020. The fourth-order valence-electron chi connectivity index (χ4n) is 3.72. The summed E-state index contributed by atoms with van der Waals surface area (Å²) in [5.74, 6) is 0.400. The van der Waals surface area contributed by atoms with Crippen LogP contribution in [0.15, 0.2) is 48.5 Å². The Labute approximate surface area is 169 Å². The number of rotatable bonds is 7. The molecule has 0 saturated carbocycles. The Hall–Kier alpha value is -3.09. The third-order valence-electron chi connectivity index (χ3n) is 5.22. The molecule has 0 unspecified atom stereocenters. The summed E-state index contributed by atoms with van der Waals surface area (Å²) in [5.41, 5.74) is 7.47. The molecule has 150 valence electrons. The molecule has 4 N–H and O–H groups in total. The molecule has 4 rings (SSSR count). The van der Waals surface area contributed by atoms with E-state index < -0.39 is 5.91 Å². The lowest BCUT2D eigenvalue weighted by molar-refractivity contribution is -0.124. The van der Waals surface area contributed by atoms with E-state index in [-0.39, 0.29) is 0 Å². The van der Waals surface area contributed by atoms with Crippen LogP contribution in [0.4, 0.5) is 0 Å². The molecule has 0 aliphatic carbocycles. The lowest BCUT2D eigenvalue weighted by Crippen LogP contribution is -2.16. The quantitative estimate of drug-likeness (QED) is 0.215. The van der Waals surface area contributed by atoms with E-state index in [0.717, 1.165) is 50.4 Å². The van der Waals surface area contributed by atoms with E-state index in [1.165, 1.54) is 33.7 Å². The summed E-state index contributed by atoms with van der Waals surface area (Å²) in [7, 11) is 0. The van der Waals surface area contributed by atoms with Crippen molar-refractivity contribution in [2.75, 3.05) is 13.2 Å². The molecule has 1 amide bonds. The van der Waals surface area contributed by atoms with Crippen molar-refractivity contribution in [1.29, 1.82) is 0 Å². The molecular weight excluding hydrogens is 366 g/mol. The Kier molecular flexibility index (Phi) is 5.93. The highest BCUT2D eigenvalue weighted by molar-refractivity contribution is 5.90. The van der Waals surface area contributed by atoms with Crippen LogP contribution in [0.1, 0.15) is 28.7 Å². The molecule has 0 radical (unpaired) electrons. The standard InChI is InChI=1S/C23H25N3O3/c27-21(26-28)11-10-16-6-8-17(9-7-16)15-24-13-12-18-3-1-4-19-20-5-2-14-29-23(20)25-22(18)19/h1,3-4,6-11,24-25,28H,2,5,12-15H2,(H,26,27)/b11-10+. The molecule has 2 heterocycles. The van der Waals surface area contributed by atoms with Crippen LogP contribution in [0, 0.1) is 0 Å². The van der Waals surface area contributed by atoms with Gasteiger partial charge >= 0.3 is 0 Å². The summed E-state index contributed by atoms with van der Waals surface area (Å²) in [4.78, 5) is 14.5. The van der Waals surface area contributed by atoms with Gasteiger partial charge in [-0.25, -0.2) is 5.48 Å². The van der Waals surface area contributed by atoms with Crippen molar-refractivity contribution >= 4 is 22.9 Å². The molecule has 1 aliphatic rings. The molecular formula is C23H25N3O3. The Morgan fingerprint density at radius 3 is 2.90 bits per heavy atom. The topological polar surface area (TPSA) is 86.4 Å². The lowest BCUT2D eigenvalue weighted by atomic mass is 10.0. The first-order chi connectivity index (χ1) is 14.2. The van der Waals surface area contributed by atoms with E-state index in [2.05, 4.69) is 28.5 Å². The summed E-state index contributed by atoms with van der Waals surface area (Å²) in [5, 5.41) is 13.3. The third-order valence-corrected chi connectivity index (χ3v) is 5.22. The summed E-state index contributed by atoms with van der Waals surface area (Å²) in [6.07, 6.45) is 6.04. The first-order valence-corrected chi connectivity index (χ1v) is 9.91. The van der Waals surface area contributed by atoms with Gasteiger partial charge in [-0.2, -0.15) is 0 Å². The van der Waals surface area contributed by atoms with Gasteiger partial charge in [0.25, 0.3) is 5.91 Å². The fourth-order valence-corrected chi connectivity index (χ4v) is 3.72.